The van der Waals surface area contributed by atoms with E-state index in [1.165, 1.54) is 4.68 Å². The van der Waals surface area contributed by atoms with Gasteiger partial charge in [0.25, 0.3) is 0 Å². The van der Waals surface area contributed by atoms with Crippen LogP contribution in [0.5, 0.6) is 0 Å². The van der Waals surface area contributed by atoms with Crippen molar-refractivity contribution in [2.24, 2.45) is 0 Å². The van der Waals surface area contributed by atoms with Gasteiger partial charge < -0.3 is 20.3 Å². The average Bonchev–Trinajstić information content (AvgIpc) is 3.23. The second-order valence-electron chi connectivity index (χ2n) is 10.1. The van der Waals surface area contributed by atoms with E-state index < -0.39 is 35.2 Å². The smallest absolute Gasteiger partial charge is 0.249 e. The van der Waals surface area contributed by atoms with Crippen molar-refractivity contribution in [2.45, 2.75) is 65.5 Å². The molecule has 12 heteroatoms. The van der Waals surface area contributed by atoms with Gasteiger partial charge in [-0.2, -0.15) is 10.1 Å². The van der Waals surface area contributed by atoms with Crippen LogP contribution in [0.25, 0.3) is 0 Å². The highest BCUT2D eigenvalue weighted by Crippen LogP contribution is 2.34. The molecule has 198 valence electrons. The molecule has 4 rings (SSSR count). The number of hydrogen-bond donors (Lipinski definition) is 2. The Balaban J connectivity index is 1.47. The molecule has 0 fully saturated rings. The Kier molecular flexibility index (Phi) is 7.13. The van der Waals surface area contributed by atoms with Crippen molar-refractivity contribution in [3.63, 3.8) is 0 Å². The number of aromatic nitrogens is 4. The normalized spacial score (nSPS) is 16.4. The first-order valence-corrected chi connectivity index (χ1v) is 11.8. The fraction of sp³-hybridized carbons (Fsp3) is 0.440. The van der Waals surface area contributed by atoms with Gasteiger partial charge in [-0.25, -0.2) is 18.2 Å². The van der Waals surface area contributed by atoms with E-state index in [0.717, 1.165) is 17.7 Å². The van der Waals surface area contributed by atoms with Crippen LogP contribution in [0.4, 0.5) is 30.6 Å². The van der Waals surface area contributed by atoms with Gasteiger partial charge in [0.1, 0.15) is 11.7 Å². The molecule has 1 aromatic carbocycles. The Labute approximate surface area is 213 Å². The number of amides is 1. The largest absolute Gasteiger partial charge is 0.370 e. The summed E-state index contributed by atoms with van der Waals surface area (Å²) < 4.78 is 47.7. The SMILES string of the molecule is Cc1nc(NCc2cnn(Cc3cc(F)c(F)c(F)c3)c2)nc2c1NC(=O)C([C@H](C)OC(C)(C)C)N2C. The van der Waals surface area contributed by atoms with Crippen LogP contribution in [0.2, 0.25) is 0 Å². The molecular weight excluding hydrogens is 487 g/mol. The molecule has 3 aromatic rings. The topological polar surface area (TPSA) is 97.2 Å². The van der Waals surface area contributed by atoms with Crippen molar-refractivity contribution in [1.82, 2.24) is 19.7 Å². The lowest BCUT2D eigenvalue weighted by Gasteiger charge is -2.39. The van der Waals surface area contributed by atoms with Gasteiger partial charge in [-0.05, 0) is 52.3 Å². The summed E-state index contributed by atoms with van der Waals surface area (Å²) in [5, 5.41) is 10.3. The number of benzene rings is 1. The number of likely N-dealkylation sites (N-methyl/N-ethyl adjacent to an activating group) is 1. The molecule has 0 bridgehead atoms. The number of ether oxygens (including phenoxy) is 1. The first kappa shape index (κ1) is 26.4. The van der Waals surface area contributed by atoms with Gasteiger partial charge in [-0.3, -0.25) is 9.48 Å². The molecule has 1 aliphatic heterocycles. The summed E-state index contributed by atoms with van der Waals surface area (Å²) in [6.45, 7) is 9.85. The summed E-state index contributed by atoms with van der Waals surface area (Å²) in [6, 6.07) is 1.31. The molecule has 0 radical (unpaired) electrons. The van der Waals surface area contributed by atoms with Crippen LogP contribution in [0, 0.1) is 24.4 Å². The van der Waals surface area contributed by atoms with Crippen LogP contribution >= 0.6 is 0 Å². The van der Waals surface area contributed by atoms with Gasteiger partial charge in [0.15, 0.2) is 23.3 Å². The molecule has 2 aromatic heterocycles. The van der Waals surface area contributed by atoms with Crippen LogP contribution in [0.15, 0.2) is 24.5 Å². The zero-order valence-electron chi connectivity index (χ0n) is 21.6. The molecule has 0 saturated carbocycles. The van der Waals surface area contributed by atoms with E-state index >= 15 is 0 Å². The second-order valence-corrected chi connectivity index (χ2v) is 10.1. The summed E-state index contributed by atoms with van der Waals surface area (Å²) in [7, 11) is 1.80. The van der Waals surface area contributed by atoms with Gasteiger partial charge in [-0.1, -0.05) is 0 Å². The van der Waals surface area contributed by atoms with E-state index in [2.05, 4.69) is 25.7 Å². The Hall–Kier alpha value is -3.67. The Bertz CT molecular complexity index is 1300. The van der Waals surface area contributed by atoms with Crippen molar-refractivity contribution in [2.75, 3.05) is 22.6 Å². The number of rotatable bonds is 7. The fourth-order valence-corrected chi connectivity index (χ4v) is 4.34. The minimum Gasteiger partial charge on any atom is -0.370 e. The minimum absolute atomic E-state index is 0.0727. The van der Waals surface area contributed by atoms with E-state index in [9.17, 15) is 18.0 Å². The zero-order chi connectivity index (χ0) is 27.1. The molecule has 0 saturated heterocycles. The maximum atomic E-state index is 13.5. The third-order valence-electron chi connectivity index (χ3n) is 5.85. The van der Waals surface area contributed by atoms with Crippen LogP contribution in [-0.4, -0.2) is 50.5 Å². The zero-order valence-corrected chi connectivity index (χ0v) is 21.6. The van der Waals surface area contributed by atoms with Crippen LogP contribution in [0.3, 0.4) is 0 Å². The number of anilines is 3. The Morgan fingerprint density at radius 1 is 1.16 bits per heavy atom. The van der Waals surface area contributed by atoms with Crippen molar-refractivity contribution < 1.29 is 22.7 Å². The van der Waals surface area contributed by atoms with Crippen molar-refractivity contribution >= 4 is 23.4 Å². The van der Waals surface area contributed by atoms with Crippen LogP contribution in [-0.2, 0) is 22.6 Å². The van der Waals surface area contributed by atoms with Gasteiger partial charge in [0, 0.05) is 25.4 Å². The molecule has 0 aliphatic carbocycles. The summed E-state index contributed by atoms with van der Waals surface area (Å²) in [5.41, 5.74) is 1.75. The number of aryl methyl sites for hydroxylation is 1. The highest BCUT2D eigenvalue weighted by Gasteiger charge is 2.39. The lowest BCUT2D eigenvalue weighted by Crippen LogP contribution is -2.54. The predicted octanol–water partition coefficient (Wildman–Crippen LogP) is 4.02. The maximum Gasteiger partial charge on any atom is 0.249 e. The van der Waals surface area contributed by atoms with E-state index in [1.807, 2.05) is 27.7 Å². The molecule has 0 spiro atoms. The van der Waals surface area contributed by atoms with Gasteiger partial charge in [0.2, 0.25) is 11.9 Å². The van der Waals surface area contributed by atoms with Gasteiger partial charge in [0.05, 0.1) is 30.1 Å². The molecule has 2 atom stereocenters. The predicted molar refractivity (Wildman–Crippen MR) is 133 cm³/mol. The first-order chi connectivity index (χ1) is 17.3. The number of hydrogen-bond acceptors (Lipinski definition) is 7. The molecule has 2 N–H and O–H groups in total. The van der Waals surface area contributed by atoms with E-state index in [1.54, 1.807) is 31.3 Å². The monoisotopic (exact) mass is 517 g/mol. The molecule has 3 heterocycles. The molecule has 1 amide bonds. The number of halogens is 3. The van der Waals surface area contributed by atoms with Crippen molar-refractivity contribution in [3.8, 4) is 0 Å². The summed E-state index contributed by atoms with van der Waals surface area (Å²) in [4.78, 5) is 23.7. The second kappa shape index (κ2) is 10.0. The Morgan fingerprint density at radius 2 is 1.84 bits per heavy atom. The van der Waals surface area contributed by atoms with E-state index in [0.29, 0.717) is 29.7 Å². The van der Waals surface area contributed by atoms with Crippen molar-refractivity contribution in [3.05, 3.63) is 58.8 Å². The molecular formula is C25H30F3N7O2. The molecule has 37 heavy (non-hydrogen) atoms. The highest BCUT2D eigenvalue weighted by molar-refractivity contribution is 6.03. The number of carbonyl (C=O) groups is 1. The molecule has 1 aliphatic rings. The minimum atomic E-state index is -1.50. The fourth-order valence-electron chi connectivity index (χ4n) is 4.34. The van der Waals surface area contributed by atoms with Crippen LogP contribution < -0.4 is 15.5 Å². The summed E-state index contributed by atoms with van der Waals surface area (Å²) in [5.74, 6) is -3.24. The summed E-state index contributed by atoms with van der Waals surface area (Å²) in [6.07, 6.45) is 2.91. The van der Waals surface area contributed by atoms with E-state index in [-0.39, 0.29) is 18.0 Å². The average molecular weight is 518 g/mol. The Morgan fingerprint density at radius 3 is 2.49 bits per heavy atom. The lowest BCUT2D eigenvalue weighted by molar-refractivity contribution is -0.124. The number of nitrogens with zero attached hydrogens (tertiary/aromatic N) is 5. The lowest BCUT2D eigenvalue weighted by atomic mass is 10.1. The van der Waals surface area contributed by atoms with Crippen LogP contribution in [0.1, 0.15) is 44.5 Å². The molecule has 1 unspecified atom stereocenters. The quantitative estimate of drug-likeness (QED) is 0.457. The summed E-state index contributed by atoms with van der Waals surface area (Å²) >= 11 is 0. The highest BCUT2D eigenvalue weighted by atomic mass is 19.2. The first-order valence-electron chi connectivity index (χ1n) is 11.8. The number of nitrogens with one attached hydrogen (secondary N) is 2. The standard InChI is InChI=1S/C25H30F3N7O2/c1-13-20-22(34(6)21(23(36)32-20)14(2)37-25(3,4)5)33-24(31-13)29-9-16-10-30-35(12-16)11-15-7-17(26)19(28)18(27)8-15/h7-8,10,12,14,21H,9,11H2,1-6H3,(H,32,36)(H,29,31,33)/t14-,21?/m0/s1. The third-order valence-corrected chi connectivity index (χ3v) is 5.85. The number of fused-ring (bicyclic) bond motifs is 1. The van der Waals surface area contributed by atoms with E-state index in [4.69, 9.17) is 4.74 Å². The third kappa shape index (κ3) is 5.85. The molecule has 9 nitrogen and oxygen atoms in total. The van der Waals surface area contributed by atoms with Gasteiger partial charge in [-0.15, -0.1) is 0 Å². The number of carbonyl (C=O) groups excluding carboxylic acids is 1. The van der Waals surface area contributed by atoms with Crippen molar-refractivity contribution in [1.29, 1.82) is 0 Å². The maximum absolute atomic E-state index is 13.5. The van der Waals surface area contributed by atoms with Gasteiger partial charge >= 0.3 is 0 Å².